The van der Waals surface area contributed by atoms with E-state index >= 15 is 0 Å². The van der Waals surface area contributed by atoms with Crippen molar-refractivity contribution in [1.29, 1.82) is 0 Å². The predicted molar refractivity (Wildman–Crippen MR) is 74.6 cm³/mol. The average molecular weight is 252 g/mol. The number of hydrogen-bond donors (Lipinski definition) is 0. The lowest BCUT2D eigenvalue weighted by atomic mass is 10.00. The minimum Gasteiger partial charge on any atom is -0.348 e. The minimum absolute atomic E-state index is 0.0127. The Balaban J connectivity index is 2.09. The molecule has 2 heterocycles. The second kappa shape index (κ2) is 4.76. The second-order valence-corrected chi connectivity index (χ2v) is 4.68. The van der Waals surface area contributed by atoms with E-state index in [0.29, 0.717) is 6.54 Å². The highest BCUT2D eigenvalue weighted by Gasteiger charge is 2.30. The lowest BCUT2D eigenvalue weighted by Gasteiger charge is -2.36. The van der Waals surface area contributed by atoms with Crippen LogP contribution in [0.4, 0.5) is 0 Å². The van der Waals surface area contributed by atoms with E-state index in [-0.39, 0.29) is 11.9 Å². The molecule has 0 saturated carbocycles. The lowest BCUT2D eigenvalue weighted by molar-refractivity contribution is -0.128. The molecule has 3 heteroatoms. The van der Waals surface area contributed by atoms with Gasteiger partial charge in [0.05, 0.1) is 6.04 Å². The molecule has 1 amide bonds. The van der Waals surface area contributed by atoms with Crippen molar-refractivity contribution in [3.63, 3.8) is 0 Å². The summed E-state index contributed by atoms with van der Waals surface area (Å²) < 4.78 is 2.21. The van der Waals surface area contributed by atoms with E-state index in [0.717, 1.165) is 17.8 Å². The topological polar surface area (TPSA) is 25.2 Å². The van der Waals surface area contributed by atoms with Crippen LogP contribution in [0.1, 0.15) is 17.3 Å². The van der Waals surface area contributed by atoms with Crippen LogP contribution >= 0.6 is 0 Å². The third kappa shape index (κ3) is 1.97. The van der Waals surface area contributed by atoms with Crippen molar-refractivity contribution >= 4 is 5.91 Å². The first-order chi connectivity index (χ1) is 9.31. The van der Waals surface area contributed by atoms with Gasteiger partial charge in [0.15, 0.2) is 0 Å². The van der Waals surface area contributed by atoms with Crippen molar-refractivity contribution in [3.8, 4) is 0 Å². The maximum atomic E-state index is 12.1. The van der Waals surface area contributed by atoms with Gasteiger partial charge in [-0.05, 0) is 23.8 Å². The standard InChI is InChI=1S/C16H16N2O/c1-2-15(19)18-12-11-17-10-6-9-14(17)16(18)13-7-4-3-5-8-13/h2-10,16H,1,11-12H2. The third-order valence-electron chi connectivity index (χ3n) is 3.61. The molecule has 1 aromatic heterocycles. The molecule has 0 bridgehead atoms. The summed E-state index contributed by atoms with van der Waals surface area (Å²) in [6, 6.07) is 14.2. The zero-order valence-corrected chi connectivity index (χ0v) is 10.7. The molecule has 3 rings (SSSR count). The van der Waals surface area contributed by atoms with Gasteiger partial charge in [0, 0.05) is 25.0 Å². The smallest absolute Gasteiger partial charge is 0.246 e. The molecular weight excluding hydrogens is 236 g/mol. The number of rotatable bonds is 2. The summed E-state index contributed by atoms with van der Waals surface area (Å²) in [5.41, 5.74) is 2.30. The van der Waals surface area contributed by atoms with Gasteiger partial charge in [-0.1, -0.05) is 36.9 Å². The Morgan fingerprint density at radius 1 is 1.16 bits per heavy atom. The zero-order chi connectivity index (χ0) is 13.2. The van der Waals surface area contributed by atoms with Crippen LogP contribution in [0.2, 0.25) is 0 Å². The van der Waals surface area contributed by atoms with Gasteiger partial charge >= 0.3 is 0 Å². The van der Waals surface area contributed by atoms with Crippen LogP contribution in [-0.2, 0) is 11.3 Å². The summed E-state index contributed by atoms with van der Waals surface area (Å²) in [7, 11) is 0. The van der Waals surface area contributed by atoms with Crippen LogP contribution in [-0.4, -0.2) is 21.9 Å². The molecule has 0 fully saturated rings. The molecule has 0 radical (unpaired) electrons. The number of hydrogen-bond acceptors (Lipinski definition) is 1. The molecule has 0 N–H and O–H groups in total. The van der Waals surface area contributed by atoms with E-state index in [2.05, 4.69) is 35.5 Å². The fourth-order valence-corrected chi connectivity index (χ4v) is 2.72. The monoisotopic (exact) mass is 252 g/mol. The van der Waals surface area contributed by atoms with Gasteiger partial charge in [0.1, 0.15) is 0 Å². The highest BCUT2D eigenvalue weighted by Crippen LogP contribution is 2.32. The molecule has 1 atom stereocenters. The van der Waals surface area contributed by atoms with Crippen LogP contribution in [0.15, 0.2) is 61.3 Å². The number of nitrogens with zero attached hydrogens (tertiary/aromatic N) is 2. The van der Waals surface area contributed by atoms with Crippen LogP contribution in [0.5, 0.6) is 0 Å². The Bertz CT molecular complexity index is 600. The highest BCUT2D eigenvalue weighted by atomic mass is 16.2. The van der Waals surface area contributed by atoms with Gasteiger partial charge in [-0.3, -0.25) is 4.79 Å². The van der Waals surface area contributed by atoms with E-state index in [4.69, 9.17) is 0 Å². The number of fused-ring (bicyclic) bond motifs is 1. The van der Waals surface area contributed by atoms with Gasteiger partial charge < -0.3 is 9.47 Å². The van der Waals surface area contributed by atoms with E-state index < -0.39 is 0 Å². The fourth-order valence-electron chi connectivity index (χ4n) is 2.72. The van der Waals surface area contributed by atoms with Crippen molar-refractivity contribution in [2.75, 3.05) is 6.54 Å². The first kappa shape index (κ1) is 11.8. The SMILES string of the molecule is C=CC(=O)N1CCn2cccc2C1c1ccccc1. The van der Waals surface area contributed by atoms with Crippen molar-refractivity contribution < 1.29 is 4.79 Å². The van der Waals surface area contributed by atoms with Gasteiger partial charge in [0.2, 0.25) is 5.91 Å². The second-order valence-electron chi connectivity index (χ2n) is 4.68. The summed E-state index contributed by atoms with van der Waals surface area (Å²) in [6.07, 6.45) is 3.47. The minimum atomic E-state index is -0.0181. The summed E-state index contributed by atoms with van der Waals surface area (Å²) in [5.74, 6) is -0.0127. The van der Waals surface area contributed by atoms with Crippen molar-refractivity contribution in [2.24, 2.45) is 0 Å². The first-order valence-corrected chi connectivity index (χ1v) is 6.44. The zero-order valence-electron chi connectivity index (χ0n) is 10.7. The number of amides is 1. The van der Waals surface area contributed by atoms with Gasteiger partial charge in [0.25, 0.3) is 0 Å². The maximum absolute atomic E-state index is 12.1. The van der Waals surface area contributed by atoms with Crippen LogP contribution < -0.4 is 0 Å². The molecule has 19 heavy (non-hydrogen) atoms. The molecule has 0 saturated heterocycles. The number of carbonyl (C=O) groups excluding carboxylic acids is 1. The lowest BCUT2D eigenvalue weighted by Crippen LogP contribution is -2.41. The van der Waals surface area contributed by atoms with Crippen molar-refractivity contribution in [1.82, 2.24) is 9.47 Å². The molecule has 1 aliphatic heterocycles. The van der Waals surface area contributed by atoms with E-state index in [1.54, 1.807) is 0 Å². The molecule has 1 unspecified atom stereocenters. The van der Waals surface area contributed by atoms with E-state index in [1.807, 2.05) is 29.2 Å². The Hall–Kier alpha value is -2.29. The fraction of sp³-hybridized carbons (Fsp3) is 0.188. The van der Waals surface area contributed by atoms with Gasteiger partial charge in [-0.2, -0.15) is 0 Å². The molecule has 0 spiro atoms. The first-order valence-electron chi connectivity index (χ1n) is 6.44. The molecule has 0 aliphatic carbocycles. The summed E-state index contributed by atoms with van der Waals surface area (Å²) in [4.78, 5) is 14.0. The van der Waals surface area contributed by atoms with Crippen LogP contribution in [0, 0.1) is 0 Å². The largest absolute Gasteiger partial charge is 0.348 e. The van der Waals surface area contributed by atoms with Crippen LogP contribution in [0.3, 0.4) is 0 Å². The van der Waals surface area contributed by atoms with Crippen molar-refractivity contribution in [2.45, 2.75) is 12.6 Å². The van der Waals surface area contributed by atoms with E-state index in [9.17, 15) is 4.79 Å². The molecule has 1 aromatic carbocycles. The average Bonchev–Trinajstić information content (AvgIpc) is 2.94. The number of benzene rings is 1. The Morgan fingerprint density at radius 2 is 1.95 bits per heavy atom. The number of carbonyl (C=O) groups is 1. The highest BCUT2D eigenvalue weighted by molar-refractivity contribution is 5.87. The summed E-state index contributed by atoms with van der Waals surface area (Å²) in [6.45, 7) is 5.16. The summed E-state index contributed by atoms with van der Waals surface area (Å²) >= 11 is 0. The van der Waals surface area contributed by atoms with Crippen LogP contribution in [0.25, 0.3) is 0 Å². The normalized spacial score (nSPS) is 17.9. The Kier molecular flexibility index (Phi) is 2.95. The molecule has 1 aliphatic rings. The maximum Gasteiger partial charge on any atom is 0.246 e. The van der Waals surface area contributed by atoms with Gasteiger partial charge in [-0.25, -0.2) is 0 Å². The number of aromatic nitrogens is 1. The third-order valence-corrected chi connectivity index (χ3v) is 3.61. The predicted octanol–water partition coefficient (Wildman–Crippen LogP) is 2.61. The molecule has 3 nitrogen and oxygen atoms in total. The quantitative estimate of drug-likeness (QED) is 0.754. The molecule has 96 valence electrons. The summed E-state index contributed by atoms with van der Waals surface area (Å²) in [5, 5.41) is 0. The molecular formula is C16H16N2O. The Labute approximate surface area is 112 Å². The van der Waals surface area contributed by atoms with Gasteiger partial charge in [-0.15, -0.1) is 0 Å². The van der Waals surface area contributed by atoms with E-state index in [1.165, 1.54) is 6.08 Å². The molecule has 2 aromatic rings. The van der Waals surface area contributed by atoms with Crippen molar-refractivity contribution in [3.05, 3.63) is 72.6 Å². The Morgan fingerprint density at radius 3 is 2.68 bits per heavy atom.